The van der Waals surface area contributed by atoms with Gasteiger partial charge in [0.15, 0.2) is 5.65 Å². The highest BCUT2D eigenvalue weighted by Crippen LogP contribution is 2.35. The van der Waals surface area contributed by atoms with Crippen LogP contribution in [0.15, 0.2) is 54.7 Å². The van der Waals surface area contributed by atoms with Crippen LogP contribution in [-0.2, 0) is 0 Å². The van der Waals surface area contributed by atoms with E-state index in [1.807, 2.05) is 50.5 Å². The number of hydrogen-bond acceptors (Lipinski definition) is 6. The standard InChI is InChI=1S/C29H33N7O3/c1-34(2)20-12-13-36(17-20)29(38)31-24-11-10-18(14-22(24)28(37)35(3)4)19-15-23-26(32-33-27(23)30-16-19)21-8-6-7-9-25(21)39-5/h6-11,14-16,20H,12-13,17H2,1-5H3,(H,31,38)(H,30,32,33). The number of fused-ring (bicyclic) bond motifs is 1. The van der Waals surface area contributed by atoms with Crippen LogP contribution >= 0.6 is 0 Å². The number of nitrogens with zero attached hydrogens (tertiary/aromatic N) is 5. The summed E-state index contributed by atoms with van der Waals surface area (Å²) in [5.74, 6) is 0.511. The molecule has 2 aromatic carbocycles. The highest BCUT2D eigenvalue weighted by Gasteiger charge is 2.28. The van der Waals surface area contributed by atoms with E-state index in [2.05, 4.69) is 25.4 Å². The molecule has 5 rings (SSSR count). The summed E-state index contributed by atoms with van der Waals surface area (Å²) in [6, 6.07) is 15.3. The molecule has 0 radical (unpaired) electrons. The van der Waals surface area contributed by atoms with Crippen LogP contribution in [0.25, 0.3) is 33.4 Å². The molecule has 1 aliphatic rings. The Hall–Kier alpha value is -4.44. The number of carbonyl (C=O) groups is 2. The van der Waals surface area contributed by atoms with E-state index >= 15 is 0 Å². The van der Waals surface area contributed by atoms with Crippen molar-refractivity contribution in [3.8, 4) is 28.1 Å². The molecule has 0 spiro atoms. The van der Waals surface area contributed by atoms with E-state index in [1.165, 1.54) is 4.90 Å². The second kappa shape index (κ2) is 10.7. The summed E-state index contributed by atoms with van der Waals surface area (Å²) < 4.78 is 5.54. The summed E-state index contributed by atoms with van der Waals surface area (Å²) in [5.41, 5.74) is 4.73. The molecule has 1 aliphatic heterocycles. The smallest absolute Gasteiger partial charge is 0.321 e. The van der Waals surface area contributed by atoms with Gasteiger partial charge in [-0.3, -0.25) is 9.89 Å². The average Bonchev–Trinajstić information content (AvgIpc) is 3.60. The molecule has 2 aromatic heterocycles. The Morgan fingerprint density at radius 1 is 1.08 bits per heavy atom. The highest BCUT2D eigenvalue weighted by atomic mass is 16.5. The molecule has 10 heteroatoms. The van der Waals surface area contributed by atoms with Gasteiger partial charge in [0.2, 0.25) is 0 Å². The van der Waals surface area contributed by atoms with Crippen molar-refractivity contribution < 1.29 is 14.3 Å². The first kappa shape index (κ1) is 26.2. The molecule has 1 atom stereocenters. The fourth-order valence-electron chi connectivity index (χ4n) is 4.90. The topological polar surface area (TPSA) is 107 Å². The van der Waals surface area contributed by atoms with E-state index in [-0.39, 0.29) is 11.9 Å². The van der Waals surface area contributed by atoms with Crippen LogP contribution < -0.4 is 10.1 Å². The number of likely N-dealkylation sites (tertiary alicyclic amines) is 1. The van der Waals surface area contributed by atoms with Gasteiger partial charge < -0.3 is 24.8 Å². The monoisotopic (exact) mass is 527 g/mol. The lowest BCUT2D eigenvalue weighted by atomic mass is 10.0. The third-order valence-electron chi connectivity index (χ3n) is 7.19. The average molecular weight is 528 g/mol. The van der Waals surface area contributed by atoms with Crippen molar-refractivity contribution >= 4 is 28.7 Å². The number of benzene rings is 2. The van der Waals surface area contributed by atoms with Gasteiger partial charge >= 0.3 is 6.03 Å². The van der Waals surface area contributed by atoms with Gasteiger partial charge in [0.25, 0.3) is 5.91 Å². The molecule has 0 saturated carbocycles. The molecule has 4 aromatic rings. The number of hydrogen-bond donors (Lipinski definition) is 2. The Morgan fingerprint density at radius 3 is 2.59 bits per heavy atom. The number of pyridine rings is 1. The third kappa shape index (κ3) is 5.15. The summed E-state index contributed by atoms with van der Waals surface area (Å²) in [4.78, 5) is 36.3. The molecule has 1 saturated heterocycles. The Morgan fingerprint density at radius 2 is 1.87 bits per heavy atom. The molecule has 1 fully saturated rings. The number of rotatable bonds is 6. The minimum atomic E-state index is -0.206. The fraction of sp³-hybridized carbons (Fsp3) is 0.310. The number of para-hydroxylation sites is 1. The molecule has 202 valence electrons. The minimum absolute atomic E-state index is 0.202. The maximum Gasteiger partial charge on any atom is 0.321 e. The second-order valence-corrected chi connectivity index (χ2v) is 10.1. The van der Waals surface area contributed by atoms with Crippen molar-refractivity contribution in [2.75, 3.05) is 53.7 Å². The van der Waals surface area contributed by atoms with Crippen LogP contribution in [0.2, 0.25) is 0 Å². The highest BCUT2D eigenvalue weighted by molar-refractivity contribution is 6.04. The Bertz CT molecular complexity index is 1530. The second-order valence-electron chi connectivity index (χ2n) is 10.1. The van der Waals surface area contributed by atoms with E-state index in [0.29, 0.717) is 41.8 Å². The molecular weight excluding hydrogens is 494 g/mol. The van der Waals surface area contributed by atoms with Crippen LogP contribution in [0.3, 0.4) is 0 Å². The maximum absolute atomic E-state index is 13.2. The Balaban J connectivity index is 1.50. The van der Waals surface area contributed by atoms with E-state index < -0.39 is 0 Å². The lowest BCUT2D eigenvalue weighted by Gasteiger charge is -2.22. The molecule has 3 heterocycles. The van der Waals surface area contributed by atoms with Crippen molar-refractivity contribution in [3.63, 3.8) is 0 Å². The number of amides is 3. The lowest BCUT2D eigenvalue weighted by Crippen LogP contribution is -2.37. The summed E-state index contributed by atoms with van der Waals surface area (Å²) in [7, 11) is 9.06. The molecular formula is C29H33N7O3. The van der Waals surface area contributed by atoms with Crippen LogP contribution in [0.5, 0.6) is 5.75 Å². The number of ether oxygens (including phenoxy) is 1. The molecule has 2 N–H and O–H groups in total. The number of carbonyl (C=O) groups excluding carboxylic acids is 2. The molecule has 0 bridgehead atoms. The molecule has 1 unspecified atom stereocenters. The van der Waals surface area contributed by atoms with Gasteiger partial charge in [-0.15, -0.1) is 0 Å². The summed E-state index contributed by atoms with van der Waals surface area (Å²) in [6.45, 7) is 1.33. The first-order valence-electron chi connectivity index (χ1n) is 12.8. The van der Waals surface area contributed by atoms with Crippen LogP contribution in [0.4, 0.5) is 10.5 Å². The molecule has 39 heavy (non-hydrogen) atoms. The van der Waals surface area contributed by atoms with Crippen LogP contribution in [0.1, 0.15) is 16.8 Å². The van der Waals surface area contributed by atoms with Crippen molar-refractivity contribution in [1.82, 2.24) is 29.9 Å². The number of H-pyrrole nitrogens is 1. The van der Waals surface area contributed by atoms with Crippen molar-refractivity contribution in [2.45, 2.75) is 12.5 Å². The zero-order chi connectivity index (χ0) is 27.7. The van der Waals surface area contributed by atoms with Crippen LogP contribution in [0, 0.1) is 0 Å². The van der Waals surface area contributed by atoms with Gasteiger partial charge in [0, 0.05) is 55.9 Å². The van der Waals surface area contributed by atoms with E-state index in [4.69, 9.17) is 4.74 Å². The first-order chi connectivity index (χ1) is 18.8. The van der Waals surface area contributed by atoms with Gasteiger partial charge in [-0.2, -0.15) is 5.10 Å². The van der Waals surface area contributed by atoms with Gasteiger partial charge in [-0.1, -0.05) is 18.2 Å². The zero-order valence-electron chi connectivity index (χ0n) is 22.9. The maximum atomic E-state index is 13.2. The summed E-state index contributed by atoms with van der Waals surface area (Å²) in [6.07, 6.45) is 2.67. The quantitative estimate of drug-likeness (QED) is 0.390. The third-order valence-corrected chi connectivity index (χ3v) is 7.19. The molecule has 0 aliphatic carbocycles. The predicted octanol–water partition coefficient (Wildman–Crippen LogP) is 4.17. The predicted molar refractivity (Wildman–Crippen MR) is 152 cm³/mol. The van der Waals surface area contributed by atoms with Gasteiger partial charge in [-0.25, -0.2) is 9.78 Å². The number of urea groups is 1. The van der Waals surface area contributed by atoms with Crippen molar-refractivity contribution in [2.24, 2.45) is 0 Å². The van der Waals surface area contributed by atoms with E-state index in [1.54, 1.807) is 44.4 Å². The van der Waals surface area contributed by atoms with Gasteiger partial charge in [0.1, 0.15) is 11.4 Å². The summed E-state index contributed by atoms with van der Waals surface area (Å²) in [5, 5.41) is 11.3. The Labute approximate surface area is 227 Å². The zero-order valence-corrected chi connectivity index (χ0v) is 22.9. The molecule has 10 nitrogen and oxygen atoms in total. The van der Waals surface area contributed by atoms with Crippen LogP contribution in [-0.4, -0.2) is 96.3 Å². The van der Waals surface area contributed by atoms with Gasteiger partial charge in [0.05, 0.1) is 18.4 Å². The SMILES string of the molecule is COc1ccccc1-c1n[nH]c2ncc(-c3ccc(NC(=O)N4CCC(N(C)C)C4)c(C(=O)N(C)C)c3)cc12. The van der Waals surface area contributed by atoms with Crippen molar-refractivity contribution in [1.29, 1.82) is 0 Å². The number of anilines is 1. The van der Waals surface area contributed by atoms with E-state index in [9.17, 15) is 9.59 Å². The Kier molecular flexibility index (Phi) is 7.21. The molecule has 3 amide bonds. The number of aromatic amines is 1. The van der Waals surface area contributed by atoms with E-state index in [0.717, 1.165) is 34.2 Å². The van der Waals surface area contributed by atoms with Crippen molar-refractivity contribution in [3.05, 3.63) is 60.3 Å². The number of methoxy groups -OCH3 is 1. The minimum Gasteiger partial charge on any atom is -0.496 e. The van der Waals surface area contributed by atoms with Gasteiger partial charge in [-0.05, 0) is 56.4 Å². The number of likely N-dealkylation sites (N-methyl/N-ethyl adjacent to an activating group) is 1. The largest absolute Gasteiger partial charge is 0.496 e. The number of nitrogens with one attached hydrogen (secondary N) is 2. The lowest BCUT2D eigenvalue weighted by molar-refractivity contribution is 0.0828. The fourth-order valence-corrected chi connectivity index (χ4v) is 4.90. The number of aromatic nitrogens is 3. The first-order valence-corrected chi connectivity index (χ1v) is 12.8. The summed E-state index contributed by atoms with van der Waals surface area (Å²) >= 11 is 0. The normalized spacial score (nSPS) is 15.1.